The topological polar surface area (TPSA) is 118 Å². The molecule has 0 saturated heterocycles. The predicted octanol–water partition coefficient (Wildman–Crippen LogP) is 18.2. The lowest BCUT2D eigenvalue weighted by Gasteiger charge is -2.28. The number of phenolic OH excluding ortho intramolecular Hbond substituents is 4. The molecule has 0 aromatic heterocycles. The molecule has 2 aliphatic carbocycles. The average molecular weight is 1200 g/mol. The van der Waals surface area contributed by atoms with Gasteiger partial charge < -0.3 is 39.4 Å². The molecular weight excluding hydrogens is 1100 g/mol. The zero-order chi connectivity index (χ0) is 64.1. The van der Waals surface area contributed by atoms with E-state index in [2.05, 4.69) is 156 Å². The molecule has 0 unspecified atom stereocenters. The van der Waals surface area contributed by atoms with Gasteiger partial charge in [-0.15, -0.1) is 0 Å². The van der Waals surface area contributed by atoms with Crippen LogP contribution in [0, 0.1) is 0 Å². The highest BCUT2D eigenvalue weighted by Gasteiger charge is 2.31. The Kier molecular flexibility index (Phi) is 18.2. The standard InChI is InChI=1S/C81H96O8/c1-17-78(5,6)66-40-58-32-50-23-21-24-51(70(50)82)33-59-41-67(79(7,8)18-2)45-63(75(59)87-14)37-55-29-48(28-54(72(55)84)36-62(44-66)74(58)86-13)27-49-30-56-38-64-46-68(80(9,10)19-3)42-60(76(64)88-15)34-52-25-22-26-53(71(52)83)35-61-43-69(81(11,12)20-4)47-65(77(61)89-16)39-57(31-49)73(56)85/h21-26,28-31,40-47,82-85H,17-20,27,32-39H2,1-16H3. The number of rotatable bonds is 14. The van der Waals surface area contributed by atoms with E-state index in [1.165, 1.54) is 0 Å². The number of ether oxygens (including phenoxy) is 4. The van der Waals surface area contributed by atoms with Crippen molar-refractivity contribution >= 4 is 0 Å². The first kappa shape index (κ1) is 64.2. The normalized spacial score (nSPS) is 13.7. The molecule has 8 aromatic rings. The van der Waals surface area contributed by atoms with Crippen LogP contribution in [0.25, 0.3) is 0 Å². The summed E-state index contributed by atoms with van der Waals surface area (Å²) >= 11 is 0. The van der Waals surface area contributed by atoms with Gasteiger partial charge in [-0.05, 0) is 176 Å². The zero-order valence-electron chi connectivity index (χ0n) is 56.0. The van der Waals surface area contributed by atoms with E-state index in [1.807, 2.05) is 36.4 Å². The predicted molar refractivity (Wildman–Crippen MR) is 363 cm³/mol. The summed E-state index contributed by atoms with van der Waals surface area (Å²) in [5.74, 6) is 3.95. The highest BCUT2D eigenvalue weighted by atomic mass is 16.5. The molecule has 0 atom stereocenters. The van der Waals surface area contributed by atoms with Gasteiger partial charge in [-0.25, -0.2) is 0 Å². The number of hydrogen-bond acceptors (Lipinski definition) is 8. The number of hydrogen-bond donors (Lipinski definition) is 4. The minimum atomic E-state index is -0.185. The van der Waals surface area contributed by atoms with Gasteiger partial charge in [0.05, 0.1) is 28.4 Å². The Morgan fingerprint density at radius 3 is 0.640 bits per heavy atom. The van der Waals surface area contributed by atoms with Crippen molar-refractivity contribution in [2.45, 2.75) is 188 Å². The van der Waals surface area contributed by atoms with Crippen LogP contribution in [-0.4, -0.2) is 48.9 Å². The molecule has 10 rings (SSSR count). The average Bonchev–Trinajstić information content (AvgIpc) is 1.60. The lowest BCUT2D eigenvalue weighted by atomic mass is 9.78. The van der Waals surface area contributed by atoms with E-state index in [0.717, 1.165) is 171 Å². The molecule has 2 aliphatic rings. The van der Waals surface area contributed by atoms with Crippen LogP contribution in [0.3, 0.4) is 0 Å². The van der Waals surface area contributed by atoms with Crippen molar-refractivity contribution in [3.05, 3.63) is 232 Å². The molecule has 0 radical (unpaired) electrons. The van der Waals surface area contributed by atoms with Gasteiger partial charge in [0.15, 0.2) is 0 Å². The highest BCUT2D eigenvalue weighted by Crippen LogP contribution is 2.46. The number of benzene rings is 8. The van der Waals surface area contributed by atoms with Crippen molar-refractivity contribution in [3.8, 4) is 46.0 Å². The van der Waals surface area contributed by atoms with Gasteiger partial charge >= 0.3 is 0 Å². The zero-order valence-corrected chi connectivity index (χ0v) is 56.0. The smallest absolute Gasteiger partial charge is 0.125 e. The Bertz CT molecular complexity index is 3490. The largest absolute Gasteiger partial charge is 0.507 e. The summed E-state index contributed by atoms with van der Waals surface area (Å²) in [4.78, 5) is 0. The Balaban J connectivity index is 1.23. The van der Waals surface area contributed by atoms with Crippen molar-refractivity contribution in [3.63, 3.8) is 0 Å². The third-order valence-electron chi connectivity index (χ3n) is 21.0. The van der Waals surface area contributed by atoms with Crippen LogP contribution < -0.4 is 18.9 Å². The second-order valence-corrected chi connectivity index (χ2v) is 28.2. The number of phenols is 4. The molecule has 8 aromatic carbocycles. The molecule has 0 aliphatic heterocycles. The van der Waals surface area contributed by atoms with Crippen LogP contribution in [0.4, 0.5) is 0 Å². The van der Waals surface area contributed by atoms with Gasteiger partial charge in [0.2, 0.25) is 0 Å². The molecule has 0 heterocycles. The van der Waals surface area contributed by atoms with Gasteiger partial charge in [-0.3, -0.25) is 0 Å². The molecule has 8 heteroatoms. The summed E-state index contributed by atoms with van der Waals surface area (Å²) in [5, 5.41) is 50.7. The van der Waals surface area contributed by atoms with E-state index in [-0.39, 0.29) is 44.7 Å². The van der Waals surface area contributed by atoms with Gasteiger partial charge in [0.25, 0.3) is 0 Å². The van der Waals surface area contributed by atoms with Crippen LogP contribution in [0.5, 0.6) is 46.0 Å². The molecule has 0 saturated carbocycles. The SMILES string of the molecule is CCC(C)(C)c1cc2c(OC)c(c1)Cc1cc(Cc3cc4c(O)c(c3)Cc3cc(C(C)(C)CC)cc(c3OC)Cc3cccc(c3O)Cc3cc(C(C)(C)CC)cc(c3OC)C4)cc(c1O)Cc1cc(C(C)(C)CC)cc(c1OC)Cc1cccc(c1O)C2. The van der Waals surface area contributed by atoms with E-state index in [4.69, 9.17) is 18.9 Å². The van der Waals surface area contributed by atoms with Crippen LogP contribution in [0.15, 0.2) is 109 Å². The van der Waals surface area contributed by atoms with Crippen molar-refractivity contribution in [2.75, 3.05) is 28.4 Å². The third-order valence-corrected chi connectivity index (χ3v) is 21.0. The third kappa shape index (κ3) is 12.7. The first-order valence-corrected chi connectivity index (χ1v) is 32.4. The van der Waals surface area contributed by atoms with Crippen LogP contribution in [-0.2, 0) is 79.4 Å². The van der Waals surface area contributed by atoms with E-state index in [0.29, 0.717) is 57.8 Å². The van der Waals surface area contributed by atoms with E-state index in [9.17, 15) is 20.4 Å². The fourth-order valence-electron chi connectivity index (χ4n) is 13.6. The summed E-state index contributed by atoms with van der Waals surface area (Å²) in [6, 6.07) is 38.9. The Morgan fingerprint density at radius 2 is 0.461 bits per heavy atom. The molecule has 0 fully saturated rings. The second kappa shape index (κ2) is 25.2. The maximum Gasteiger partial charge on any atom is 0.125 e. The van der Waals surface area contributed by atoms with Gasteiger partial charge in [-0.1, -0.05) is 192 Å². The van der Waals surface area contributed by atoms with Crippen molar-refractivity contribution in [1.82, 2.24) is 0 Å². The molecule has 16 bridgehead atoms. The Labute approximate surface area is 530 Å². The van der Waals surface area contributed by atoms with Gasteiger partial charge in [0.1, 0.15) is 46.0 Å². The number of methoxy groups -OCH3 is 4. The molecule has 468 valence electrons. The Morgan fingerprint density at radius 1 is 0.281 bits per heavy atom. The number of para-hydroxylation sites is 2. The summed E-state index contributed by atoms with van der Waals surface area (Å²) < 4.78 is 25.8. The van der Waals surface area contributed by atoms with Crippen LogP contribution >= 0.6 is 0 Å². The van der Waals surface area contributed by atoms with Crippen molar-refractivity contribution < 1.29 is 39.4 Å². The van der Waals surface area contributed by atoms with Gasteiger partial charge in [0, 0.05) is 51.4 Å². The highest BCUT2D eigenvalue weighted by molar-refractivity contribution is 5.62. The summed E-state index contributed by atoms with van der Waals surface area (Å²) in [5.41, 5.74) is 19.9. The molecule has 0 spiro atoms. The van der Waals surface area contributed by atoms with Gasteiger partial charge in [-0.2, -0.15) is 0 Å². The monoisotopic (exact) mass is 1200 g/mol. The van der Waals surface area contributed by atoms with Crippen LogP contribution in [0.1, 0.15) is 231 Å². The second-order valence-electron chi connectivity index (χ2n) is 28.2. The maximum absolute atomic E-state index is 13.1. The molecular formula is C81H96O8. The number of fused-ring (bicyclic) bond motifs is 16. The Hall–Kier alpha value is -7.84. The van der Waals surface area contributed by atoms with E-state index < -0.39 is 0 Å². The fraction of sp³-hybridized carbons (Fsp3) is 0.407. The maximum atomic E-state index is 13.1. The summed E-state index contributed by atoms with van der Waals surface area (Å²) in [7, 11) is 6.90. The van der Waals surface area contributed by atoms with Crippen molar-refractivity contribution in [2.24, 2.45) is 0 Å². The summed E-state index contributed by atoms with van der Waals surface area (Å²) in [6.45, 7) is 27.1. The quantitative estimate of drug-likeness (QED) is 0.0851. The first-order chi connectivity index (χ1) is 42.3. The minimum Gasteiger partial charge on any atom is -0.507 e. The first-order valence-electron chi connectivity index (χ1n) is 32.4. The van der Waals surface area contributed by atoms with E-state index >= 15 is 0 Å². The van der Waals surface area contributed by atoms with E-state index in [1.54, 1.807) is 28.4 Å². The van der Waals surface area contributed by atoms with Crippen LogP contribution in [0.2, 0.25) is 0 Å². The summed E-state index contributed by atoms with van der Waals surface area (Å²) in [6.07, 6.45) is 7.36. The fourth-order valence-corrected chi connectivity index (χ4v) is 13.6. The lowest BCUT2D eigenvalue weighted by molar-refractivity contribution is 0.402. The molecule has 8 nitrogen and oxygen atoms in total. The van der Waals surface area contributed by atoms with Crippen molar-refractivity contribution in [1.29, 1.82) is 0 Å². The minimum absolute atomic E-state index is 0.185. The lowest BCUT2D eigenvalue weighted by Crippen LogP contribution is -2.17. The number of aromatic hydroxyl groups is 4. The molecule has 89 heavy (non-hydrogen) atoms. The molecule has 0 amide bonds. The molecule has 4 N–H and O–H groups in total.